The largest absolute Gasteiger partial charge is 0.481 e. The van der Waals surface area contributed by atoms with E-state index in [1.807, 2.05) is 18.2 Å². The third kappa shape index (κ3) is 1.99. The molecule has 2 rings (SSSR count). The van der Waals surface area contributed by atoms with Crippen LogP contribution in [0.3, 0.4) is 0 Å². The van der Waals surface area contributed by atoms with Crippen LogP contribution in [0.5, 0.6) is 5.88 Å². The highest BCUT2D eigenvalue weighted by molar-refractivity contribution is 5.68. The molecule has 0 aliphatic heterocycles. The summed E-state index contributed by atoms with van der Waals surface area (Å²) in [5, 5.41) is 0. The standard InChI is InChI=1S/C13H13NO/c1-10-5-3-6-11(9-10)12-7-4-8-14-13(12)15-2/h3-9H,1-2H3. The van der Waals surface area contributed by atoms with Crippen molar-refractivity contribution in [2.45, 2.75) is 6.92 Å². The molecule has 15 heavy (non-hydrogen) atoms. The molecule has 0 N–H and O–H groups in total. The number of rotatable bonds is 2. The Morgan fingerprint density at radius 2 is 2.00 bits per heavy atom. The van der Waals surface area contributed by atoms with Gasteiger partial charge in [-0.05, 0) is 24.6 Å². The molecule has 0 fully saturated rings. The van der Waals surface area contributed by atoms with E-state index in [4.69, 9.17) is 4.74 Å². The Morgan fingerprint density at radius 1 is 1.13 bits per heavy atom. The van der Waals surface area contributed by atoms with E-state index in [2.05, 4.69) is 30.1 Å². The van der Waals surface area contributed by atoms with Crippen molar-refractivity contribution in [1.82, 2.24) is 4.98 Å². The van der Waals surface area contributed by atoms with Crippen LogP contribution in [0.1, 0.15) is 5.56 Å². The summed E-state index contributed by atoms with van der Waals surface area (Å²) >= 11 is 0. The van der Waals surface area contributed by atoms with E-state index in [1.54, 1.807) is 13.3 Å². The predicted molar refractivity (Wildman–Crippen MR) is 61.0 cm³/mol. The zero-order valence-electron chi connectivity index (χ0n) is 8.90. The predicted octanol–water partition coefficient (Wildman–Crippen LogP) is 3.07. The first-order valence-corrected chi connectivity index (χ1v) is 4.87. The maximum absolute atomic E-state index is 5.23. The highest BCUT2D eigenvalue weighted by Gasteiger charge is 2.05. The van der Waals surface area contributed by atoms with Crippen molar-refractivity contribution in [3.05, 3.63) is 48.2 Å². The van der Waals surface area contributed by atoms with Crippen molar-refractivity contribution >= 4 is 0 Å². The van der Waals surface area contributed by atoms with E-state index < -0.39 is 0 Å². The summed E-state index contributed by atoms with van der Waals surface area (Å²) in [5.41, 5.74) is 3.40. The fourth-order valence-corrected chi connectivity index (χ4v) is 1.59. The summed E-state index contributed by atoms with van der Waals surface area (Å²) in [6, 6.07) is 12.2. The monoisotopic (exact) mass is 199 g/mol. The van der Waals surface area contributed by atoms with Gasteiger partial charge in [0.1, 0.15) is 0 Å². The fourth-order valence-electron chi connectivity index (χ4n) is 1.59. The Hall–Kier alpha value is -1.83. The van der Waals surface area contributed by atoms with Gasteiger partial charge in [-0.2, -0.15) is 0 Å². The molecular weight excluding hydrogens is 186 g/mol. The van der Waals surface area contributed by atoms with Gasteiger partial charge in [-0.3, -0.25) is 0 Å². The van der Waals surface area contributed by atoms with Gasteiger partial charge >= 0.3 is 0 Å². The van der Waals surface area contributed by atoms with Crippen molar-refractivity contribution in [3.8, 4) is 17.0 Å². The zero-order chi connectivity index (χ0) is 10.7. The SMILES string of the molecule is COc1ncccc1-c1cccc(C)c1. The second-order valence-electron chi connectivity index (χ2n) is 3.43. The van der Waals surface area contributed by atoms with Crippen molar-refractivity contribution in [3.63, 3.8) is 0 Å². The molecule has 0 unspecified atom stereocenters. The van der Waals surface area contributed by atoms with Crippen LogP contribution in [-0.2, 0) is 0 Å². The average molecular weight is 199 g/mol. The minimum absolute atomic E-state index is 0.670. The van der Waals surface area contributed by atoms with Crippen molar-refractivity contribution in [1.29, 1.82) is 0 Å². The van der Waals surface area contributed by atoms with Crippen LogP contribution in [0.15, 0.2) is 42.6 Å². The molecular formula is C13H13NO. The van der Waals surface area contributed by atoms with Gasteiger partial charge in [0.05, 0.1) is 7.11 Å². The first kappa shape index (κ1) is 9.71. The summed E-state index contributed by atoms with van der Waals surface area (Å²) in [4.78, 5) is 4.18. The van der Waals surface area contributed by atoms with Crippen molar-refractivity contribution in [2.24, 2.45) is 0 Å². The number of hydrogen-bond donors (Lipinski definition) is 0. The molecule has 0 amide bonds. The van der Waals surface area contributed by atoms with Gasteiger partial charge in [0.2, 0.25) is 5.88 Å². The minimum Gasteiger partial charge on any atom is -0.481 e. The Morgan fingerprint density at radius 3 is 2.73 bits per heavy atom. The van der Waals surface area contributed by atoms with E-state index in [-0.39, 0.29) is 0 Å². The molecule has 1 heterocycles. The normalized spacial score (nSPS) is 10.0. The number of aromatic nitrogens is 1. The van der Waals surface area contributed by atoms with E-state index in [0.717, 1.165) is 11.1 Å². The van der Waals surface area contributed by atoms with Gasteiger partial charge in [0.15, 0.2) is 0 Å². The lowest BCUT2D eigenvalue weighted by Gasteiger charge is -2.07. The summed E-state index contributed by atoms with van der Waals surface area (Å²) in [5.74, 6) is 0.670. The first-order valence-electron chi connectivity index (χ1n) is 4.87. The number of nitrogens with zero attached hydrogens (tertiary/aromatic N) is 1. The summed E-state index contributed by atoms with van der Waals surface area (Å²) in [7, 11) is 1.64. The molecule has 0 bridgehead atoms. The number of ether oxygens (including phenoxy) is 1. The van der Waals surface area contributed by atoms with Crippen LogP contribution < -0.4 is 4.74 Å². The molecule has 0 saturated carbocycles. The summed E-state index contributed by atoms with van der Waals surface area (Å²) in [6.45, 7) is 2.08. The van der Waals surface area contributed by atoms with Crippen LogP contribution in [0.25, 0.3) is 11.1 Å². The Balaban J connectivity index is 2.53. The number of hydrogen-bond acceptors (Lipinski definition) is 2. The molecule has 0 saturated heterocycles. The molecule has 0 spiro atoms. The molecule has 1 aromatic carbocycles. The van der Waals surface area contributed by atoms with Gasteiger partial charge in [-0.15, -0.1) is 0 Å². The maximum atomic E-state index is 5.23. The molecule has 0 atom stereocenters. The van der Waals surface area contributed by atoms with E-state index in [0.29, 0.717) is 5.88 Å². The quantitative estimate of drug-likeness (QED) is 0.741. The Labute approximate surface area is 89.6 Å². The molecule has 2 nitrogen and oxygen atoms in total. The molecule has 0 radical (unpaired) electrons. The van der Waals surface area contributed by atoms with E-state index in [1.165, 1.54) is 5.56 Å². The third-order valence-corrected chi connectivity index (χ3v) is 2.29. The van der Waals surface area contributed by atoms with E-state index in [9.17, 15) is 0 Å². The molecule has 76 valence electrons. The van der Waals surface area contributed by atoms with Gasteiger partial charge in [-0.1, -0.05) is 29.8 Å². The minimum atomic E-state index is 0.670. The van der Waals surface area contributed by atoms with Crippen molar-refractivity contribution < 1.29 is 4.74 Å². The highest BCUT2D eigenvalue weighted by atomic mass is 16.5. The number of benzene rings is 1. The second-order valence-corrected chi connectivity index (χ2v) is 3.43. The van der Waals surface area contributed by atoms with Crippen molar-refractivity contribution in [2.75, 3.05) is 7.11 Å². The van der Waals surface area contributed by atoms with Gasteiger partial charge in [-0.25, -0.2) is 4.98 Å². The number of methoxy groups -OCH3 is 1. The smallest absolute Gasteiger partial charge is 0.221 e. The lowest BCUT2D eigenvalue weighted by molar-refractivity contribution is 0.399. The van der Waals surface area contributed by atoms with Crippen LogP contribution in [0.4, 0.5) is 0 Å². The molecule has 1 aromatic heterocycles. The number of aryl methyl sites for hydroxylation is 1. The lowest BCUT2D eigenvalue weighted by Crippen LogP contribution is -1.90. The lowest BCUT2D eigenvalue weighted by atomic mass is 10.1. The van der Waals surface area contributed by atoms with Gasteiger partial charge in [0.25, 0.3) is 0 Å². The van der Waals surface area contributed by atoms with Crippen LogP contribution in [-0.4, -0.2) is 12.1 Å². The Bertz CT molecular complexity index is 466. The maximum Gasteiger partial charge on any atom is 0.221 e. The molecule has 2 aromatic rings. The summed E-state index contributed by atoms with van der Waals surface area (Å²) < 4.78 is 5.23. The molecule has 0 aliphatic carbocycles. The Kier molecular flexibility index (Phi) is 2.68. The van der Waals surface area contributed by atoms with Gasteiger partial charge in [0, 0.05) is 11.8 Å². The fraction of sp³-hybridized carbons (Fsp3) is 0.154. The molecule has 0 aliphatic rings. The average Bonchev–Trinajstić information content (AvgIpc) is 2.29. The zero-order valence-corrected chi connectivity index (χ0v) is 8.90. The highest BCUT2D eigenvalue weighted by Crippen LogP contribution is 2.27. The van der Waals surface area contributed by atoms with Gasteiger partial charge < -0.3 is 4.74 Å². The van der Waals surface area contributed by atoms with E-state index >= 15 is 0 Å². The molecule has 2 heteroatoms. The van der Waals surface area contributed by atoms with Crippen LogP contribution in [0, 0.1) is 6.92 Å². The third-order valence-electron chi connectivity index (χ3n) is 2.29. The van der Waals surface area contributed by atoms with Crippen LogP contribution >= 0.6 is 0 Å². The first-order chi connectivity index (χ1) is 7.31. The number of pyridine rings is 1. The summed E-state index contributed by atoms with van der Waals surface area (Å²) in [6.07, 6.45) is 1.73. The topological polar surface area (TPSA) is 22.1 Å². The second kappa shape index (κ2) is 4.13. The van der Waals surface area contributed by atoms with Crippen LogP contribution in [0.2, 0.25) is 0 Å².